The van der Waals surface area contributed by atoms with E-state index in [-0.39, 0.29) is 41.0 Å². The normalized spacial score (nSPS) is 19.8. The van der Waals surface area contributed by atoms with Crippen molar-refractivity contribution in [1.29, 1.82) is 0 Å². The molecule has 0 spiro atoms. The molecule has 0 unspecified atom stereocenters. The van der Waals surface area contributed by atoms with Gasteiger partial charge >= 0.3 is 0 Å². The summed E-state index contributed by atoms with van der Waals surface area (Å²) >= 11 is 7.61. The minimum Gasteiger partial charge on any atom is -0.325 e. The Balaban J connectivity index is 1.42. The van der Waals surface area contributed by atoms with E-state index >= 15 is 0 Å². The molecular formula is C22H24ClN3O4S2. The molecule has 0 saturated carbocycles. The maximum Gasteiger partial charge on any atom is 0.243 e. The fourth-order valence-corrected chi connectivity index (χ4v) is 6.52. The average molecular weight is 494 g/mol. The maximum absolute atomic E-state index is 13.2. The Morgan fingerprint density at radius 2 is 1.91 bits per heavy atom. The highest BCUT2D eigenvalue weighted by molar-refractivity contribution is 8.01. The lowest BCUT2D eigenvalue weighted by Crippen LogP contribution is -2.41. The van der Waals surface area contributed by atoms with Crippen molar-refractivity contribution < 1.29 is 18.0 Å². The molecule has 0 radical (unpaired) electrons. The molecule has 2 heterocycles. The number of sulfonamides is 1. The molecule has 7 nitrogen and oxygen atoms in total. The van der Waals surface area contributed by atoms with Gasteiger partial charge in [0.2, 0.25) is 21.8 Å². The first-order valence-electron chi connectivity index (χ1n) is 10.3. The van der Waals surface area contributed by atoms with Crippen LogP contribution in [-0.2, 0) is 19.6 Å². The zero-order valence-corrected chi connectivity index (χ0v) is 20.1. The van der Waals surface area contributed by atoms with E-state index in [1.54, 1.807) is 31.2 Å². The SMILES string of the molecule is Cc1ccc(NC(=O)C2CCN(S(=O)(=O)c3ccc4c(c3)NC(=O)[C@H](C)S4)CC2)c(Cl)c1. The summed E-state index contributed by atoms with van der Waals surface area (Å²) in [5.41, 5.74) is 2.07. The monoisotopic (exact) mass is 493 g/mol. The lowest BCUT2D eigenvalue weighted by molar-refractivity contribution is -0.121. The summed E-state index contributed by atoms with van der Waals surface area (Å²) < 4.78 is 27.7. The van der Waals surface area contributed by atoms with Crippen LogP contribution in [0.1, 0.15) is 25.3 Å². The molecule has 10 heteroatoms. The molecule has 0 bridgehead atoms. The number of hydrogen-bond donors (Lipinski definition) is 2. The molecule has 170 valence electrons. The minimum atomic E-state index is -3.73. The number of fused-ring (bicyclic) bond motifs is 1. The second-order valence-electron chi connectivity index (χ2n) is 8.06. The fourth-order valence-electron chi connectivity index (χ4n) is 3.81. The Morgan fingerprint density at radius 3 is 2.59 bits per heavy atom. The van der Waals surface area contributed by atoms with Crippen molar-refractivity contribution in [2.45, 2.75) is 41.7 Å². The van der Waals surface area contributed by atoms with E-state index in [2.05, 4.69) is 10.6 Å². The summed E-state index contributed by atoms with van der Waals surface area (Å²) in [7, 11) is -3.73. The van der Waals surface area contributed by atoms with Gasteiger partial charge in [-0.2, -0.15) is 4.31 Å². The number of hydrogen-bond acceptors (Lipinski definition) is 5. The molecular weight excluding hydrogens is 470 g/mol. The standard InChI is InChI=1S/C22H24ClN3O4S2/c1-13-3-5-18(17(23)11-13)24-22(28)15-7-9-26(10-8-15)32(29,30)16-4-6-20-19(12-16)25-21(27)14(2)31-20/h3-6,11-12,14-15H,7-10H2,1-2H3,(H,24,28)(H,25,27)/t14-/m0/s1. The number of nitrogens with one attached hydrogen (secondary N) is 2. The Labute approximate surface area is 196 Å². The molecule has 1 atom stereocenters. The van der Waals surface area contributed by atoms with Crippen molar-refractivity contribution in [1.82, 2.24) is 4.31 Å². The van der Waals surface area contributed by atoms with Gasteiger partial charge in [0.25, 0.3) is 0 Å². The highest BCUT2D eigenvalue weighted by Crippen LogP contribution is 2.37. The van der Waals surface area contributed by atoms with Crippen LogP contribution in [-0.4, -0.2) is 42.9 Å². The molecule has 2 aromatic carbocycles. The Bertz CT molecular complexity index is 1180. The molecule has 32 heavy (non-hydrogen) atoms. The third-order valence-corrected chi connectivity index (χ3v) is 9.11. The van der Waals surface area contributed by atoms with Crippen molar-refractivity contribution in [2.75, 3.05) is 23.7 Å². The number of benzene rings is 2. The second-order valence-corrected chi connectivity index (χ2v) is 11.8. The number of anilines is 2. The Hall–Kier alpha value is -2.07. The molecule has 2 amide bonds. The largest absolute Gasteiger partial charge is 0.325 e. The molecule has 1 saturated heterocycles. The molecule has 0 aliphatic carbocycles. The number of amides is 2. The van der Waals surface area contributed by atoms with E-state index in [4.69, 9.17) is 11.6 Å². The Morgan fingerprint density at radius 1 is 1.19 bits per heavy atom. The van der Waals surface area contributed by atoms with Crippen molar-refractivity contribution in [3.63, 3.8) is 0 Å². The first kappa shape index (κ1) is 23.1. The zero-order valence-electron chi connectivity index (χ0n) is 17.7. The number of nitrogens with zero attached hydrogens (tertiary/aromatic N) is 1. The van der Waals surface area contributed by atoms with Gasteiger partial charge in [0.05, 0.1) is 26.5 Å². The summed E-state index contributed by atoms with van der Waals surface area (Å²) in [6.45, 7) is 4.22. The third kappa shape index (κ3) is 4.66. The number of rotatable bonds is 4. The van der Waals surface area contributed by atoms with Crippen LogP contribution in [0.2, 0.25) is 5.02 Å². The second kappa shape index (κ2) is 9.05. The highest BCUT2D eigenvalue weighted by Gasteiger charge is 2.33. The average Bonchev–Trinajstić information content (AvgIpc) is 2.76. The van der Waals surface area contributed by atoms with Crippen LogP contribution in [0, 0.1) is 12.8 Å². The summed E-state index contributed by atoms with van der Waals surface area (Å²) in [6.07, 6.45) is 0.840. The smallest absolute Gasteiger partial charge is 0.243 e. The van der Waals surface area contributed by atoms with Gasteiger partial charge in [0, 0.05) is 23.9 Å². The zero-order chi connectivity index (χ0) is 23.0. The van der Waals surface area contributed by atoms with Crippen molar-refractivity contribution in [3.8, 4) is 0 Å². The molecule has 2 aliphatic rings. The van der Waals surface area contributed by atoms with Gasteiger partial charge in [0.15, 0.2) is 0 Å². The van der Waals surface area contributed by atoms with E-state index < -0.39 is 10.0 Å². The van der Waals surface area contributed by atoms with Gasteiger partial charge in [0.1, 0.15) is 0 Å². The topological polar surface area (TPSA) is 95.6 Å². The first-order valence-corrected chi connectivity index (χ1v) is 13.0. The third-order valence-electron chi connectivity index (χ3n) is 5.73. The molecule has 4 rings (SSSR count). The van der Waals surface area contributed by atoms with Crippen LogP contribution in [0.4, 0.5) is 11.4 Å². The molecule has 0 aromatic heterocycles. The van der Waals surface area contributed by atoms with Gasteiger partial charge in [-0.15, -0.1) is 11.8 Å². The molecule has 1 fully saturated rings. The maximum atomic E-state index is 13.2. The van der Waals surface area contributed by atoms with Crippen LogP contribution >= 0.6 is 23.4 Å². The van der Waals surface area contributed by atoms with Crippen LogP contribution in [0.3, 0.4) is 0 Å². The summed E-state index contributed by atoms with van der Waals surface area (Å²) in [5, 5.41) is 5.88. The van der Waals surface area contributed by atoms with Crippen LogP contribution < -0.4 is 10.6 Å². The molecule has 2 aromatic rings. The molecule has 2 N–H and O–H groups in total. The number of piperidine rings is 1. The lowest BCUT2D eigenvalue weighted by atomic mass is 9.97. The fraction of sp³-hybridized carbons (Fsp3) is 0.364. The number of aryl methyl sites for hydroxylation is 1. The van der Waals surface area contributed by atoms with Gasteiger partial charge in [-0.3, -0.25) is 9.59 Å². The summed E-state index contributed by atoms with van der Waals surface area (Å²) in [6, 6.07) is 10.2. The van der Waals surface area contributed by atoms with E-state index in [1.165, 1.54) is 22.1 Å². The number of halogens is 1. The summed E-state index contributed by atoms with van der Waals surface area (Å²) in [5.74, 6) is -0.590. The van der Waals surface area contributed by atoms with E-state index in [0.717, 1.165) is 10.5 Å². The minimum absolute atomic E-state index is 0.140. The number of carbonyl (C=O) groups excluding carboxylic acids is 2. The predicted molar refractivity (Wildman–Crippen MR) is 127 cm³/mol. The van der Waals surface area contributed by atoms with Crippen LogP contribution in [0.25, 0.3) is 0 Å². The van der Waals surface area contributed by atoms with Crippen LogP contribution in [0.15, 0.2) is 46.2 Å². The van der Waals surface area contributed by atoms with E-state index in [1.807, 2.05) is 13.0 Å². The first-order chi connectivity index (χ1) is 15.1. The lowest BCUT2D eigenvalue weighted by Gasteiger charge is -2.31. The van der Waals surface area contributed by atoms with E-state index in [0.29, 0.717) is 29.2 Å². The van der Waals surface area contributed by atoms with Gasteiger partial charge in [-0.05, 0) is 62.6 Å². The number of carbonyl (C=O) groups is 2. The van der Waals surface area contributed by atoms with Crippen LogP contribution in [0.5, 0.6) is 0 Å². The van der Waals surface area contributed by atoms with Crippen molar-refractivity contribution in [3.05, 3.63) is 47.0 Å². The van der Waals surface area contributed by atoms with Crippen molar-refractivity contribution >= 4 is 56.6 Å². The molecule has 2 aliphatic heterocycles. The summed E-state index contributed by atoms with van der Waals surface area (Å²) in [4.78, 5) is 25.6. The predicted octanol–water partition coefficient (Wildman–Crippen LogP) is 4.12. The van der Waals surface area contributed by atoms with E-state index in [9.17, 15) is 18.0 Å². The Kier molecular flexibility index (Phi) is 6.53. The van der Waals surface area contributed by atoms with Crippen molar-refractivity contribution in [2.24, 2.45) is 5.92 Å². The highest BCUT2D eigenvalue weighted by atomic mass is 35.5. The van der Waals surface area contributed by atoms with Gasteiger partial charge < -0.3 is 10.6 Å². The quantitative estimate of drug-likeness (QED) is 0.668. The van der Waals surface area contributed by atoms with Gasteiger partial charge in [-0.25, -0.2) is 8.42 Å². The number of thioether (sulfide) groups is 1. The van der Waals surface area contributed by atoms with Gasteiger partial charge in [-0.1, -0.05) is 17.7 Å².